The van der Waals surface area contributed by atoms with Crippen LogP contribution in [0, 0.1) is 5.92 Å². The van der Waals surface area contributed by atoms with Gasteiger partial charge in [0, 0.05) is 0 Å². The van der Waals surface area contributed by atoms with E-state index in [1.54, 1.807) is 6.08 Å². The second-order valence-electron chi connectivity index (χ2n) is 4.15. The fraction of sp³-hybridized carbons (Fsp3) is 0.727. The number of aliphatic carboxylic acids is 1. The first-order valence-corrected chi connectivity index (χ1v) is 5.13. The Morgan fingerprint density at radius 1 is 1.50 bits per heavy atom. The van der Waals surface area contributed by atoms with Crippen LogP contribution in [0.25, 0.3) is 0 Å². The van der Waals surface area contributed by atoms with Crippen LogP contribution in [0.3, 0.4) is 0 Å². The molecule has 2 N–H and O–H groups in total. The number of hydrogen-bond acceptors (Lipinski definition) is 2. The van der Waals surface area contributed by atoms with E-state index in [4.69, 9.17) is 5.11 Å². The summed E-state index contributed by atoms with van der Waals surface area (Å²) in [5.41, 5.74) is -1.07. The second-order valence-corrected chi connectivity index (χ2v) is 4.15. The molecule has 0 amide bonds. The Labute approximate surface area is 84.4 Å². The summed E-state index contributed by atoms with van der Waals surface area (Å²) in [5, 5.41) is 19.0. The predicted octanol–water partition coefficient (Wildman–Crippen LogP) is 1.96. The lowest BCUT2D eigenvalue weighted by atomic mass is 9.81. The molecule has 1 fully saturated rings. The minimum absolute atomic E-state index is 0.136. The van der Waals surface area contributed by atoms with E-state index in [1.807, 2.05) is 0 Å². The molecule has 0 aromatic rings. The molecule has 0 spiro atoms. The maximum atomic E-state index is 10.7. The largest absolute Gasteiger partial charge is 0.481 e. The fourth-order valence-electron chi connectivity index (χ4n) is 2.36. The highest BCUT2D eigenvalue weighted by atomic mass is 16.4. The third-order valence-electron chi connectivity index (χ3n) is 3.07. The summed E-state index contributed by atoms with van der Waals surface area (Å²) in [5.74, 6) is -0.794. The topological polar surface area (TPSA) is 57.5 Å². The monoisotopic (exact) mass is 198 g/mol. The maximum Gasteiger partial charge on any atom is 0.306 e. The molecule has 0 radical (unpaired) electrons. The van der Waals surface area contributed by atoms with Gasteiger partial charge in [0.15, 0.2) is 0 Å². The first-order valence-electron chi connectivity index (χ1n) is 5.13. The Morgan fingerprint density at radius 3 is 2.50 bits per heavy atom. The van der Waals surface area contributed by atoms with Gasteiger partial charge in [-0.25, -0.2) is 0 Å². The van der Waals surface area contributed by atoms with Crippen molar-refractivity contribution in [2.45, 2.75) is 44.1 Å². The van der Waals surface area contributed by atoms with Crippen LogP contribution in [-0.2, 0) is 4.79 Å². The first kappa shape index (κ1) is 11.2. The van der Waals surface area contributed by atoms with E-state index < -0.39 is 11.6 Å². The Kier molecular flexibility index (Phi) is 3.69. The zero-order valence-electron chi connectivity index (χ0n) is 8.41. The zero-order valence-corrected chi connectivity index (χ0v) is 8.41. The molecule has 0 aromatic carbocycles. The van der Waals surface area contributed by atoms with Crippen molar-refractivity contribution in [3.8, 4) is 0 Å². The van der Waals surface area contributed by atoms with Crippen molar-refractivity contribution >= 4 is 5.97 Å². The van der Waals surface area contributed by atoms with E-state index in [9.17, 15) is 9.90 Å². The molecule has 1 aliphatic rings. The van der Waals surface area contributed by atoms with Gasteiger partial charge in [0.1, 0.15) is 0 Å². The lowest BCUT2D eigenvalue weighted by Crippen LogP contribution is -2.38. The van der Waals surface area contributed by atoms with E-state index in [2.05, 4.69) is 6.58 Å². The summed E-state index contributed by atoms with van der Waals surface area (Å²) in [7, 11) is 0. The highest BCUT2D eigenvalue weighted by Gasteiger charge is 2.38. The van der Waals surface area contributed by atoms with Crippen molar-refractivity contribution in [3.63, 3.8) is 0 Å². The molecule has 1 atom stereocenters. The maximum absolute atomic E-state index is 10.7. The number of carboxylic acids is 1. The van der Waals surface area contributed by atoms with Crippen LogP contribution < -0.4 is 0 Å². The predicted molar refractivity (Wildman–Crippen MR) is 54.0 cm³/mol. The van der Waals surface area contributed by atoms with Crippen LogP contribution in [-0.4, -0.2) is 21.8 Å². The van der Waals surface area contributed by atoms with Gasteiger partial charge in [-0.3, -0.25) is 4.79 Å². The van der Waals surface area contributed by atoms with Crippen molar-refractivity contribution in [1.82, 2.24) is 0 Å². The smallest absolute Gasteiger partial charge is 0.306 e. The van der Waals surface area contributed by atoms with Crippen LogP contribution in [0.2, 0.25) is 0 Å². The summed E-state index contributed by atoms with van der Waals surface area (Å²) in [6.45, 7) is 3.57. The molecule has 1 unspecified atom stereocenters. The van der Waals surface area contributed by atoms with Gasteiger partial charge in [-0.15, -0.1) is 6.58 Å². The Balaban J connectivity index is 2.67. The molecule has 3 heteroatoms. The summed E-state index contributed by atoms with van der Waals surface area (Å²) >= 11 is 0. The highest BCUT2D eigenvalue weighted by molar-refractivity contribution is 5.68. The number of carboxylic acid groups (broad SMARTS) is 1. The summed E-state index contributed by atoms with van der Waals surface area (Å²) in [6, 6.07) is 0. The second kappa shape index (κ2) is 4.60. The molecule has 1 saturated carbocycles. The third-order valence-corrected chi connectivity index (χ3v) is 3.07. The molecule has 0 saturated heterocycles. The van der Waals surface area contributed by atoms with E-state index in [-0.39, 0.29) is 12.3 Å². The van der Waals surface area contributed by atoms with Crippen LogP contribution >= 0.6 is 0 Å². The summed E-state index contributed by atoms with van der Waals surface area (Å²) < 4.78 is 0. The molecule has 0 aromatic heterocycles. The Hall–Kier alpha value is -0.830. The number of aliphatic hydroxyl groups is 1. The van der Waals surface area contributed by atoms with Crippen molar-refractivity contribution in [2.24, 2.45) is 5.92 Å². The first-order chi connectivity index (χ1) is 6.58. The molecule has 1 rings (SSSR count). The third kappa shape index (κ3) is 2.58. The normalized spacial score (nSPS) is 21.8. The molecule has 80 valence electrons. The molecule has 0 aliphatic heterocycles. The van der Waals surface area contributed by atoms with Gasteiger partial charge in [-0.1, -0.05) is 18.9 Å². The molecule has 14 heavy (non-hydrogen) atoms. The van der Waals surface area contributed by atoms with Crippen molar-refractivity contribution in [1.29, 1.82) is 0 Å². The molecular formula is C11H18O3. The Bertz CT molecular complexity index is 219. The lowest BCUT2D eigenvalue weighted by molar-refractivity contribution is -0.144. The quantitative estimate of drug-likeness (QED) is 0.664. The minimum atomic E-state index is -1.07. The van der Waals surface area contributed by atoms with Crippen molar-refractivity contribution in [3.05, 3.63) is 12.7 Å². The van der Waals surface area contributed by atoms with Crippen LogP contribution in [0.1, 0.15) is 38.5 Å². The van der Waals surface area contributed by atoms with Gasteiger partial charge in [-0.2, -0.15) is 0 Å². The highest BCUT2D eigenvalue weighted by Crippen LogP contribution is 2.38. The van der Waals surface area contributed by atoms with Crippen molar-refractivity contribution < 1.29 is 15.0 Å². The Morgan fingerprint density at radius 2 is 2.07 bits per heavy atom. The molecule has 3 nitrogen and oxygen atoms in total. The average molecular weight is 198 g/mol. The number of rotatable bonds is 5. The summed E-state index contributed by atoms with van der Waals surface area (Å²) in [4.78, 5) is 10.7. The van der Waals surface area contributed by atoms with Crippen molar-refractivity contribution in [2.75, 3.05) is 0 Å². The van der Waals surface area contributed by atoms with Gasteiger partial charge in [0.25, 0.3) is 0 Å². The van der Waals surface area contributed by atoms with Gasteiger partial charge in [-0.05, 0) is 25.2 Å². The van der Waals surface area contributed by atoms with Crippen LogP contribution in [0.4, 0.5) is 0 Å². The van der Waals surface area contributed by atoms with E-state index in [0.29, 0.717) is 6.42 Å². The molecule has 1 aliphatic carbocycles. The molecular weight excluding hydrogens is 180 g/mol. The van der Waals surface area contributed by atoms with Gasteiger partial charge < -0.3 is 10.2 Å². The van der Waals surface area contributed by atoms with E-state index in [1.165, 1.54) is 0 Å². The summed E-state index contributed by atoms with van der Waals surface area (Å²) in [6.07, 6.45) is 5.91. The van der Waals surface area contributed by atoms with Gasteiger partial charge in [0.2, 0.25) is 0 Å². The fourth-order valence-corrected chi connectivity index (χ4v) is 2.36. The number of carbonyl (C=O) groups is 1. The average Bonchev–Trinajstić information content (AvgIpc) is 2.54. The molecule has 0 bridgehead atoms. The van der Waals surface area contributed by atoms with E-state index in [0.717, 1.165) is 25.7 Å². The standard InChI is InChI=1S/C11H18O3/c1-2-7-11(14,8-10(12)13)9-5-3-4-6-9/h2,9,14H,1,3-8H2,(H,12,13). The van der Waals surface area contributed by atoms with Gasteiger partial charge >= 0.3 is 5.97 Å². The number of hydrogen-bond donors (Lipinski definition) is 2. The van der Waals surface area contributed by atoms with E-state index >= 15 is 0 Å². The zero-order chi connectivity index (χ0) is 10.6. The van der Waals surface area contributed by atoms with Crippen LogP contribution in [0.15, 0.2) is 12.7 Å². The molecule has 0 heterocycles. The minimum Gasteiger partial charge on any atom is -0.481 e. The lowest BCUT2D eigenvalue weighted by Gasteiger charge is -2.31. The van der Waals surface area contributed by atoms with Gasteiger partial charge in [0.05, 0.1) is 12.0 Å². The van der Waals surface area contributed by atoms with Crippen LogP contribution in [0.5, 0.6) is 0 Å². The SMILES string of the molecule is C=CCC(O)(CC(=O)O)C1CCCC1.